The molecule has 0 N–H and O–H groups in total. The summed E-state index contributed by atoms with van der Waals surface area (Å²) in [4.78, 5) is 0. The van der Waals surface area contributed by atoms with Crippen LogP contribution in [0.5, 0.6) is 0 Å². The number of isothiocyanates is 1. The van der Waals surface area contributed by atoms with Crippen LogP contribution in [0.25, 0.3) is 0 Å². The Labute approximate surface area is 140 Å². The van der Waals surface area contributed by atoms with Crippen molar-refractivity contribution < 1.29 is 17.6 Å². The van der Waals surface area contributed by atoms with E-state index in [1.165, 1.54) is 0 Å². The molecule has 0 radical (unpaired) electrons. The molecule has 0 saturated carbocycles. The van der Waals surface area contributed by atoms with Gasteiger partial charge in [0.25, 0.3) is 0 Å². The van der Waals surface area contributed by atoms with Gasteiger partial charge in [0.05, 0.1) is 22.8 Å². The average molecular weight is 391 g/mol. The van der Waals surface area contributed by atoms with Crippen molar-refractivity contribution in [1.29, 1.82) is 5.26 Å². The summed E-state index contributed by atoms with van der Waals surface area (Å²) in [6, 6.07) is 3.51. The Bertz CT molecular complexity index is 576. The molecule has 0 aliphatic heterocycles. The van der Waals surface area contributed by atoms with E-state index in [0.29, 0.717) is 22.9 Å². The Hall–Kier alpha value is -0.641. The Balaban J connectivity index is 0.00000110. The van der Waals surface area contributed by atoms with Gasteiger partial charge in [0.15, 0.2) is 11.2 Å². The molecule has 0 aliphatic carbocycles. The summed E-state index contributed by atoms with van der Waals surface area (Å²) >= 11 is 5.41. The van der Waals surface area contributed by atoms with Crippen molar-refractivity contribution in [1.82, 2.24) is 0 Å². The number of hydrogen-bond acceptors (Lipinski definition) is 7. The van der Waals surface area contributed by atoms with Crippen molar-refractivity contribution in [2.75, 3.05) is 0 Å². The summed E-state index contributed by atoms with van der Waals surface area (Å²) in [5, 5.41) is 19.6. The van der Waals surface area contributed by atoms with E-state index in [-0.39, 0.29) is 13.1 Å². The van der Waals surface area contributed by atoms with E-state index in [9.17, 15) is 0 Å². The molecular weight excluding hydrogens is 383 g/mol. The summed E-state index contributed by atoms with van der Waals surface area (Å²) in [7, 11) is 9.53. The van der Waals surface area contributed by atoms with Crippen LogP contribution in [0.3, 0.4) is 0 Å². The SMILES string of the molecule is C/C(=N\N=C=S)c1ccc(/C(C)=N/SC#N)o1.[Cl][Fe][Cl]. The summed E-state index contributed by atoms with van der Waals surface area (Å²) in [5.41, 5.74) is 1.23. The van der Waals surface area contributed by atoms with E-state index in [1.54, 1.807) is 26.0 Å². The molecule has 1 aromatic rings. The quantitative estimate of drug-likeness (QED) is 0.190. The first kappa shape index (κ1) is 19.4. The van der Waals surface area contributed by atoms with Crippen LogP contribution in [0.15, 0.2) is 31.2 Å². The Morgan fingerprint density at radius 3 is 2.40 bits per heavy atom. The number of furan rings is 1. The van der Waals surface area contributed by atoms with E-state index in [0.717, 1.165) is 11.9 Å². The van der Waals surface area contributed by atoms with Crippen LogP contribution in [0.4, 0.5) is 0 Å². The minimum atomic E-state index is 0.194. The molecule has 0 spiro atoms. The molecule has 108 valence electrons. The van der Waals surface area contributed by atoms with Crippen molar-refractivity contribution in [2.45, 2.75) is 13.8 Å². The zero-order valence-electron chi connectivity index (χ0n) is 10.3. The van der Waals surface area contributed by atoms with E-state index in [1.807, 2.05) is 5.40 Å². The van der Waals surface area contributed by atoms with Crippen molar-refractivity contribution >= 4 is 60.9 Å². The number of hydrogen-bond donors (Lipinski definition) is 0. The van der Waals surface area contributed by atoms with Crippen LogP contribution in [0.2, 0.25) is 0 Å². The predicted octanol–water partition coefficient (Wildman–Crippen LogP) is 4.42. The molecule has 5 nitrogen and oxygen atoms in total. The van der Waals surface area contributed by atoms with Crippen molar-refractivity contribution in [3.05, 3.63) is 23.7 Å². The van der Waals surface area contributed by atoms with Gasteiger partial charge in [-0.15, -0.1) is 5.10 Å². The molecule has 1 heterocycles. The molecule has 10 heteroatoms. The first-order valence-corrected chi connectivity index (χ1v) is 8.99. The van der Waals surface area contributed by atoms with Crippen LogP contribution >= 0.6 is 44.4 Å². The Kier molecular flexibility index (Phi) is 11.7. The van der Waals surface area contributed by atoms with Gasteiger partial charge in [-0.3, -0.25) is 0 Å². The second kappa shape index (κ2) is 12.1. The second-order valence-electron chi connectivity index (χ2n) is 2.95. The fraction of sp³-hybridized carbons (Fsp3) is 0.200. The summed E-state index contributed by atoms with van der Waals surface area (Å²) in [6.45, 7) is 3.50. The van der Waals surface area contributed by atoms with Crippen molar-refractivity contribution in [2.24, 2.45) is 14.6 Å². The van der Waals surface area contributed by atoms with Crippen LogP contribution in [0, 0.1) is 10.7 Å². The van der Waals surface area contributed by atoms with E-state index in [2.05, 4.69) is 32.0 Å². The molecule has 0 aliphatic rings. The van der Waals surface area contributed by atoms with Crippen LogP contribution in [-0.4, -0.2) is 16.6 Å². The second-order valence-corrected chi connectivity index (χ2v) is 5.50. The summed E-state index contributed by atoms with van der Waals surface area (Å²) < 4.78 is 9.43. The molecule has 1 rings (SSSR count). The van der Waals surface area contributed by atoms with E-state index in [4.69, 9.17) is 29.9 Å². The predicted molar refractivity (Wildman–Crippen MR) is 83.1 cm³/mol. The maximum atomic E-state index is 8.38. The fourth-order valence-corrected chi connectivity index (χ4v) is 1.31. The number of nitriles is 1. The molecule has 0 saturated heterocycles. The molecule has 1 aromatic heterocycles. The first-order chi connectivity index (χ1) is 9.60. The molecule has 0 unspecified atom stereocenters. The minimum absolute atomic E-state index is 0.194. The standard InChI is InChI=1S/C10H8N4OS2.2ClH.Fe/c1-7(13-12-6-16)9-3-4-10(15-9)8(2)14-17-5-11;;;/h3-4H,1-2H3;2*1H;/q;;;+2/p-2/b13-7+,14-8+;;;. The summed E-state index contributed by atoms with van der Waals surface area (Å²) in [5.74, 6) is 1.16. The van der Waals surface area contributed by atoms with E-state index < -0.39 is 0 Å². The number of nitrogens with zero attached hydrogens (tertiary/aromatic N) is 4. The molecule has 0 atom stereocenters. The Morgan fingerprint density at radius 1 is 1.35 bits per heavy atom. The third-order valence-corrected chi connectivity index (χ3v) is 2.31. The maximum absolute atomic E-state index is 8.38. The van der Waals surface area contributed by atoms with Gasteiger partial charge < -0.3 is 4.42 Å². The molecule has 0 aromatic carbocycles. The topological polar surface area (TPSA) is 74.0 Å². The normalized spacial score (nSPS) is 11.2. The van der Waals surface area contributed by atoms with Crippen LogP contribution in [-0.2, 0) is 13.1 Å². The van der Waals surface area contributed by atoms with E-state index >= 15 is 0 Å². The van der Waals surface area contributed by atoms with Crippen LogP contribution in [0.1, 0.15) is 25.4 Å². The van der Waals surface area contributed by atoms with Gasteiger partial charge in [-0.2, -0.15) is 5.26 Å². The summed E-state index contributed by atoms with van der Waals surface area (Å²) in [6.07, 6.45) is 0. The van der Waals surface area contributed by atoms with Gasteiger partial charge in [-0.1, -0.05) is 5.10 Å². The Morgan fingerprint density at radius 2 is 1.90 bits per heavy atom. The molecule has 0 bridgehead atoms. The number of halogens is 2. The fourth-order valence-electron chi connectivity index (χ4n) is 1.01. The third kappa shape index (κ3) is 7.83. The molecular formula is C10H8Cl2FeN4OS2. The molecule has 20 heavy (non-hydrogen) atoms. The molecule has 0 amide bonds. The van der Waals surface area contributed by atoms with Gasteiger partial charge in [0, 0.05) is 0 Å². The average Bonchev–Trinajstić information content (AvgIpc) is 2.93. The van der Waals surface area contributed by atoms with Gasteiger partial charge in [-0.25, -0.2) is 4.40 Å². The first-order valence-electron chi connectivity index (χ1n) is 4.77. The van der Waals surface area contributed by atoms with Gasteiger partial charge in [0.1, 0.15) is 11.5 Å². The number of rotatable bonds is 4. The third-order valence-electron chi connectivity index (χ3n) is 1.78. The zero-order chi connectivity index (χ0) is 15.4. The number of thiocarbonyl (C=S) groups is 1. The van der Waals surface area contributed by atoms with Crippen molar-refractivity contribution in [3.63, 3.8) is 0 Å². The number of thiocyanates is 1. The van der Waals surface area contributed by atoms with Gasteiger partial charge in [-0.05, 0) is 38.2 Å². The molecule has 0 fully saturated rings. The van der Waals surface area contributed by atoms with Crippen LogP contribution < -0.4 is 0 Å². The van der Waals surface area contributed by atoms with Crippen molar-refractivity contribution in [3.8, 4) is 5.40 Å². The zero-order valence-corrected chi connectivity index (χ0v) is 14.5. The van der Waals surface area contributed by atoms with Gasteiger partial charge in [0.2, 0.25) is 0 Å². The monoisotopic (exact) mass is 390 g/mol. The van der Waals surface area contributed by atoms with Gasteiger partial charge >= 0.3 is 33.3 Å².